The van der Waals surface area contributed by atoms with Gasteiger partial charge in [-0.2, -0.15) is 0 Å². The van der Waals surface area contributed by atoms with Crippen LogP contribution < -0.4 is 5.73 Å². The van der Waals surface area contributed by atoms with Crippen LogP contribution in [0.1, 0.15) is 10.4 Å². The summed E-state index contributed by atoms with van der Waals surface area (Å²) in [4.78, 5) is 19.5. The lowest BCUT2D eigenvalue weighted by molar-refractivity contribution is 0.112. The third-order valence-electron chi connectivity index (χ3n) is 3.26. The number of rotatable bonds is 3. The second-order valence-corrected chi connectivity index (χ2v) is 5.17. The van der Waals surface area contributed by atoms with Gasteiger partial charge in [-0.15, -0.1) is 0 Å². The molecule has 3 rings (SSSR count). The molecule has 0 aliphatic rings. The van der Waals surface area contributed by atoms with E-state index in [0.717, 1.165) is 17.4 Å². The molecule has 108 valence electrons. The molecule has 0 radical (unpaired) electrons. The number of hydrogen-bond acceptors (Lipinski definition) is 4. The Kier molecular flexibility index (Phi) is 3.85. The Bertz CT molecular complexity index is 814. The van der Waals surface area contributed by atoms with Crippen molar-refractivity contribution in [2.45, 2.75) is 0 Å². The summed E-state index contributed by atoms with van der Waals surface area (Å²) in [5.74, 6) is 0.344. The van der Waals surface area contributed by atoms with Gasteiger partial charge < -0.3 is 5.73 Å². The molecule has 0 saturated heterocycles. The number of nitrogens with two attached hydrogens (primary N) is 1. The van der Waals surface area contributed by atoms with Crippen molar-refractivity contribution in [3.63, 3.8) is 0 Å². The van der Waals surface area contributed by atoms with Crippen LogP contribution in [-0.4, -0.2) is 16.3 Å². The van der Waals surface area contributed by atoms with Gasteiger partial charge in [-0.25, -0.2) is 9.97 Å². The predicted octanol–water partition coefficient (Wildman–Crippen LogP) is 3.86. The second-order valence-electron chi connectivity index (χ2n) is 4.74. The number of carbonyl (C=O) groups is 1. The van der Waals surface area contributed by atoms with Gasteiger partial charge in [0.15, 0.2) is 0 Å². The zero-order valence-corrected chi connectivity index (χ0v) is 12.3. The summed E-state index contributed by atoms with van der Waals surface area (Å²) in [5.41, 5.74) is 9.54. The number of halogens is 1. The van der Waals surface area contributed by atoms with Crippen molar-refractivity contribution in [2.24, 2.45) is 0 Å². The zero-order valence-electron chi connectivity index (χ0n) is 11.5. The highest BCUT2D eigenvalue weighted by atomic mass is 35.5. The smallest absolute Gasteiger partial charge is 0.150 e. The fraction of sp³-hybridized carbons (Fsp3) is 0. The zero-order chi connectivity index (χ0) is 15.5. The summed E-state index contributed by atoms with van der Waals surface area (Å²) in [6, 6.07) is 14.4. The topological polar surface area (TPSA) is 68.9 Å². The molecule has 0 atom stereocenters. The molecular weight excluding hydrogens is 298 g/mol. The highest BCUT2D eigenvalue weighted by Gasteiger charge is 2.09. The molecule has 0 unspecified atom stereocenters. The van der Waals surface area contributed by atoms with E-state index >= 15 is 0 Å². The first kappa shape index (κ1) is 14.2. The number of aldehydes is 1. The van der Waals surface area contributed by atoms with Gasteiger partial charge in [0.2, 0.25) is 0 Å². The molecule has 2 N–H and O–H groups in total. The molecule has 0 saturated carbocycles. The summed E-state index contributed by atoms with van der Waals surface area (Å²) in [6.45, 7) is 0. The average molecular weight is 310 g/mol. The van der Waals surface area contributed by atoms with E-state index in [9.17, 15) is 4.79 Å². The molecule has 1 heterocycles. The molecular formula is C17H12ClN3O. The van der Waals surface area contributed by atoms with Crippen molar-refractivity contribution in [2.75, 3.05) is 5.73 Å². The molecule has 0 bridgehead atoms. The average Bonchev–Trinajstić information content (AvgIpc) is 2.56. The molecule has 5 heteroatoms. The molecule has 0 spiro atoms. The van der Waals surface area contributed by atoms with E-state index in [4.69, 9.17) is 17.3 Å². The Labute approximate surface area is 132 Å². The molecule has 2 aromatic carbocycles. The van der Waals surface area contributed by atoms with Crippen molar-refractivity contribution in [3.8, 4) is 22.5 Å². The summed E-state index contributed by atoms with van der Waals surface area (Å²) in [5, 5.41) is 0.664. The Balaban J connectivity index is 2.05. The van der Waals surface area contributed by atoms with E-state index in [1.165, 1.54) is 0 Å². The molecule has 1 aromatic heterocycles. The standard InChI is InChI=1S/C17H12ClN3O/c18-14-7-5-12(6-8-14)15-9-20-17(19)16(21-15)13-3-1-11(10-22)2-4-13/h1-10H,(H2,19,20). The summed E-state index contributed by atoms with van der Waals surface area (Å²) < 4.78 is 0. The summed E-state index contributed by atoms with van der Waals surface area (Å²) in [7, 11) is 0. The van der Waals surface area contributed by atoms with E-state index in [2.05, 4.69) is 9.97 Å². The quantitative estimate of drug-likeness (QED) is 0.746. The van der Waals surface area contributed by atoms with Crippen LogP contribution in [-0.2, 0) is 0 Å². The third-order valence-corrected chi connectivity index (χ3v) is 3.51. The van der Waals surface area contributed by atoms with Gasteiger partial charge >= 0.3 is 0 Å². The van der Waals surface area contributed by atoms with Crippen LogP contribution in [0.15, 0.2) is 54.7 Å². The molecule has 0 aliphatic heterocycles. The van der Waals surface area contributed by atoms with Gasteiger partial charge in [0, 0.05) is 21.7 Å². The van der Waals surface area contributed by atoms with Crippen LogP contribution in [0.2, 0.25) is 5.02 Å². The molecule has 0 aliphatic carbocycles. The van der Waals surface area contributed by atoms with Gasteiger partial charge in [-0.1, -0.05) is 48.0 Å². The van der Waals surface area contributed by atoms with Crippen LogP contribution in [0.3, 0.4) is 0 Å². The van der Waals surface area contributed by atoms with Crippen molar-refractivity contribution in [3.05, 3.63) is 65.3 Å². The first-order valence-electron chi connectivity index (χ1n) is 6.61. The maximum atomic E-state index is 10.7. The predicted molar refractivity (Wildman–Crippen MR) is 87.7 cm³/mol. The van der Waals surface area contributed by atoms with Gasteiger partial charge in [-0.3, -0.25) is 4.79 Å². The van der Waals surface area contributed by atoms with Crippen molar-refractivity contribution < 1.29 is 4.79 Å². The number of aromatic nitrogens is 2. The van der Waals surface area contributed by atoms with E-state index < -0.39 is 0 Å². The number of benzene rings is 2. The number of carbonyl (C=O) groups excluding carboxylic acids is 1. The lowest BCUT2D eigenvalue weighted by Gasteiger charge is -2.08. The van der Waals surface area contributed by atoms with Crippen LogP contribution >= 0.6 is 11.6 Å². The maximum Gasteiger partial charge on any atom is 0.150 e. The minimum absolute atomic E-state index is 0.344. The molecule has 3 aromatic rings. The van der Waals surface area contributed by atoms with E-state index in [1.54, 1.807) is 42.6 Å². The van der Waals surface area contributed by atoms with E-state index in [-0.39, 0.29) is 0 Å². The fourth-order valence-corrected chi connectivity index (χ4v) is 2.22. The Hall–Kier alpha value is -2.72. The highest BCUT2D eigenvalue weighted by Crippen LogP contribution is 2.26. The van der Waals surface area contributed by atoms with Crippen molar-refractivity contribution in [1.82, 2.24) is 9.97 Å². The van der Waals surface area contributed by atoms with Crippen molar-refractivity contribution >= 4 is 23.7 Å². The number of anilines is 1. The number of nitrogen functional groups attached to an aromatic ring is 1. The third kappa shape index (κ3) is 2.82. The van der Waals surface area contributed by atoms with Gasteiger partial charge in [0.05, 0.1) is 11.9 Å². The monoisotopic (exact) mass is 309 g/mol. The normalized spacial score (nSPS) is 10.4. The lowest BCUT2D eigenvalue weighted by atomic mass is 10.1. The molecule has 4 nitrogen and oxygen atoms in total. The van der Waals surface area contributed by atoms with E-state index in [1.807, 2.05) is 12.1 Å². The first-order valence-corrected chi connectivity index (χ1v) is 6.99. The minimum atomic E-state index is 0.344. The Morgan fingerprint density at radius 1 is 0.955 bits per heavy atom. The number of nitrogens with zero attached hydrogens (tertiary/aromatic N) is 2. The van der Waals surface area contributed by atoms with Gasteiger partial charge in [0.25, 0.3) is 0 Å². The van der Waals surface area contributed by atoms with Crippen LogP contribution in [0.4, 0.5) is 5.82 Å². The van der Waals surface area contributed by atoms with Crippen LogP contribution in [0.25, 0.3) is 22.5 Å². The maximum absolute atomic E-state index is 10.7. The Morgan fingerprint density at radius 3 is 2.23 bits per heavy atom. The van der Waals surface area contributed by atoms with Crippen LogP contribution in [0, 0.1) is 0 Å². The van der Waals surface area contributed by atoms with Gasteiger partial charge in [0.1, 0.15) is 17.8 Å². The van der Waals surface area contributed by atoms with Gasteiger partial charge in [-0.05, 0) is 12.1 Å². The SMILES string of the molecule is Nc1ncc(-c2ccc(Cl)cc2)nc1-c1ccc(C=O)cc1. The molecule has 22 heavy (non-hydrogen) atoms. The number of hydrogen-bond donors (Lipinski definition) is 1. The minimum Gasteiger partial charge on any atom is -0.382 e. The van der Waals surface area contributed by atoms with E-state index in [0.29, 0.717) is 27.8 Å². The largest absolute Gasteiger partial charge is 0.382 e. The molecule has 0 amide bonds. The van der Waals surface area contributed by atoms with Crippen LogP contribution in [0.5, 0.6) is 0 Å². The first-order chi connectivity index (χ1) is 10.7. The fourth-order valence-electron chi connectivity index (χ4n) is 2.09. The summed E-state index contributed by atoms with van der Waals surface area (Å²) in [6.07, 6.45) is 2.42. The lowest BCUT2D eigenvalue weighted by Crippen LogP contribution is -1.99. The summed E-state index contributed by atoms with van der Waals surface area (Å²) >= 11 is 5.90. The molecule has 0 fully saturated rings. The highest BCUT2D eigenvalue weighted by molar-refractivity contribution is 6.30. The second kappa shape index (κ2) is 5.95. The Morgan fingerprint density at radius 2 is 1.59 bits per heavy atom. The van der Waals surface area contributed by atoms with Crippen molar-refractivity contribution in [1.29, 1.82) is 0 Å².